The Labute approximate surface area is 120 Å². The molecule has 1 saturated heterocycles. The molecule has 0 aliphatic carbocycles. The Balaban J connectivity index is 1.86. The highest BCUT2D eigenvalue weighted by molar-refractivity contribution is 5.76. The summed E-state index contributed by atoms with van der Waals surface area (Å²) in [5.41, 5.74) is 2.10. The van der Waals surface area contributed by atoms with E-state index >= 15 is 0 Å². The van der Waals surface area contributed by atoms with Gasteiger partial charge in [0.25, 0.3) is 0 Å². The maximum atomic E-state index is 12.3. The molecule has 1 fully saturated rings. The average molecular weight is 279 g/mol. The number of aliphatic hydroxyl groups is 1. The molecule has 0 bridgehead atoms. The molecule has 1 amide bonds. The van der Waals surface area contributed by atoms with E-state index in [9.17, 15) is 4.79 Å². The molecule has 2 rings (SSSR count). The van der Waals surface area contributed by atoms with Gasteiger partial charge in [-0.25, -0.2) is 0 Å². The van der Waals surface area contributed by atoms with E-state index in [0.717, 1.165) is 43.6 Å². The zero-order valence-electron chi connectivity index (χ0n) is 12.5. The van der Waals surface area contributed by atoms with Crippen LogP contribution in [0, 0.1) is 13.8 Å². The van der Waals surface area contributed by atoms with E-state index < -0.39 is 0 Å². The smallest absolute Gasteiger partial charge is 0.224 e. The van der Waals surface area contributed by atoms with Crippen molar-refractivity contribution in [2.75, 3.05) is 13.2 Å². The van der Waals surface area contributed by atoms with E-state index in [1.807, 2.05) is 29.5 Å². The second kappa shape index (κ2) is 6.88. The molecule has 1 atom stereocenters. The van der Waals surface area contributed by atoms with E-state index in [1.54, 1.807) is 0 Å². The molecule has 2 heterocycles. The summed E-state index contributed by atoms with van der Waals surface area (Å²) in [6, 6.07) is 2.36. The first-order valence-electron chi connectivity index (χ1n) is 7.53. The number of hydrogen-bond donors (Lipinski definition) is 1. The van der Waals surface area contributed by atoms with Gasteiger partial charge in [-0.15, -0.1) is 0 Å². The van der Waals surface area contributed by atoms with Crippen LogP contribution in [0.5, 0.6) is 0 Å². The summed E-state index contributed by atoms with van der Waals surface area (Å²) >= 11 is 0. The van der Waals surface area contributed by atoms with E-state index in [-0.39, 0.29) is 12.5 Å². The fourth-order valence-corrected chi connectivity index (χ4v) is 3.04. The molecular weight excluding hydrogens is 254 g/mol. The largest absolute Gasteiger partial charge is 0.396 e. The van der Waals surface area contributed by atoms with Gasteiger partial charge in [0, 0.05) is 37.9 Å². The number of aromatic nitrogens is 2. The van der Waals surface area contributed by atoms with Crippen LogP contribution in [0.15, 0.2) is 6.07 Å². The van der Waals surface area contributed by atoms with Crippen LogP contribution in [0.25, 0.3) is 0 Å². The van der Waals surface area contributed by atoms with Gasteiger partial charge in [0.05, 0.1) is 5.69 Å². The van der Waals surface area contributed by atoms with Crippen molar-refractivity contribution in [3.63, 3.8) is 0 Å². The molecule has 0 radical (unpaired) electrons. The van der Waals surface area contributed by atoms with E-state index in [4.69, 9.17) is 5.11 Å². The van der Waals surface area contributed by atoms with E-state index in [2.05, 4.69) is 5.10 Å². The summed E-state index contributed by atoms with van der Waals surface area (Å²) in [5, 5.41) is 13.3. The quantitative estimate of drug-likeness (QED) is 0.861. The monoisotopic (exact) mass is 279 g/mol. The first kappa shape index (κ1) is 15.0. The second-order valence-corrected chi connectivity index (χ2v) is 5.65. The summed E-state index contributed by atoms with van der Waals surface area (Å²) in [4.78, 5) is 14.3. The Morgan fingerprint density at radius 3 is 2.95 bits per heavy atom. The molecule has 20 heavy (non-hydrogen) atoms. The van der Waals surface area contributed by atoms with E-state index in [1.165, 1.54) is 0 Å². The minimum absolute atomic E-state index is 0.213. The molecule has 0 spiro atoms. The lowest BCUT2D eigenvalue weighted by Gasteiger charge is -2.24. The highest BCUT2D eigenvalue weighted by atomic mass is 16.3. The first-order chi connectivity index (χ1) is 9.61. The molecular formula is C15H25N3O2. The lowest BCUT2D eigenvalue weighted by molar-refractivity contribution is -0.132. The Hall–Kier alpha value is -1.36. The lowest BCUT2D eigenvalue weighted by Crippen LogP contribution is -2.36. The molecule has 5 heteroatoms. The number of rotatable bonds is 6. The van der Waals surface area contributed by atoms with Gasteiger partial charge in [0.1, 0.15) is 0 Å². The molecule has 5 nitrogen and oxygen atoms in total. The number of amides is 1. The van der Waals surface area contributed by atoms with Gasteiger partial charge in [-0.1, -0.05) is 0 Å². The Bertz CT molecular complexity index is 456. The van der Waals surface area contributed by atoms with Crippen molar-refractivity contribution in [2.24, 2.45) is 0 Å². The second-order valence-electron chi connectivity index (χ2n) is 5.65. The maximum Gasteiger partial charge on any atom is 0.224 e. The third kappa shape index (κ3) is 3.60. The standard InChI is InChI=1S/C15H25N3O2/c1-12-11-13(2)18(16-12)9-7-15(20)17-8-3-5-14(17)6-4-10-19/h11,14,19H,3-10H2,1-2H3. The van der Waals surface area contributed by atoms with Crippen molar-refractivity contribution >= 4 is 5.91 Å². The Morgan fingerprint density at radius 2 is 2.30 bits per heavy atom. The van der Waals surface area contributed by atoms with Crippen LogP contribution >= 0.6 is 0 Å². The topological polar surface area (TPSA) is 58.4 Å². The highest BCUT2D eigenvalue weighted by Gasteiger charge is 2.27. The van der Waals surface area contributed by atoms with Gasteiger partial charge in [-0.2, -0.15) is 5.10 Å². The minimum Gasteiger partial charge on any atom is -0.396 e. The Kier molecular flexibility index (Phi) is 5.17. The number of aryl methyl sites for hydroxylation is 3. The van der Waals surface area contributed by atoms with Gasteiger partial charge >= 0.3 is 0 Å². The van der Waals surface area contributed by atoms with Crippen molar-refractivity contribution in [1.82, 2.24) is 14.7 Å². The third-order valence-electron chi connectivity index (χ3n) is 4.03. The van der Waals surface area contributed by atoms with Crippen LogP contribution in [-0.2, 0) is 11.3 Å². The zero-order valence-corrected chi connectivity index (χ0v) is 12.5. The molecule has 1 aromatic rings. The number of aliphatic hydroxyl groups excluding tert-OH is 1. The van der Waals surface area contributed by atoms with Crippen molar-refractivity contribution in [3.05, 3.63) is 17.5 Å². The minimum atomic E-state index is 0.213. The van der Waals surface area contributed by atoms with Crippen molar-refractivity contribution in [2.45, 2.75) is 58.5 Å². The predicted molar refractivity (Wildman–Crippen MR) is 77.4 cm³/mol. The maximum absolute atomic E-state index is 12.3. The number of carbonyl (C=O) groups excluding carboxylic acids is 1. The summed E-state index contributed by atoms with van der Waals surface area (Å²) in [6.07, 6.45) is 4.37. The van der Waals surface area contributed by atoms with Crippen LogP contribution in [0.3, 0.4) is 0 Å². The predicted octanol–water partition coefficient (Wildman–Crippen LogP) is 1.65. The summed E-state index contributed by atoms with van der Waals surface area (Å²) < 4.78 is 1.91. The Morgan fingerprint density at radius 1 is 1.50 bits per heavy atom. The van der Waals surface area contributed by atoms with Crippen LogP contribution in [0.1, 0.15) is 43.5 Å². The molecule has 1 N–H and O–H groups in total. The number of hydrogen-bond acceptors (Lipinski definition) is 3. The van der Waals surface area contributed by atoms with Crippen molar-refractivity contribution in [3.8, 4) is 0 Å². The van der Waals surface area contributed by atoms with Crippen LogP contribution < -0.4 is 0 Å². The average Bonchev–Trinajstić information content (AvgIpc) is 3.00. The van der Waals surface area contributed by atoms with Gasteiger partial charge in [-0.3, -0.25) is 9.48 Å². The van der Waals surface area contributed by atoms with Crippen LogP contribution in [0.2, 0.25) is 0 Å². The molecule has 1 aromatic heterocycles. The van der Waals surface area contributed by atoms with Gasteiger partial charge in [-0.05, 0) is 45.6 Å². The fraction of sp³-hybridized carbons (Fsp3) is 0.733. The number of carbonyl (C=O) groups is 1. The van der Waals surface area contributed by atoms with Gasteiger partial charge in [0.2, 0.25) is 5.91 Å². The molecule has 1 aliphatic rings. The molecule has 1 unspecified atom stereocenters. The van der Waals surface area contributed by atoms with Crippen molar-refractivity contribution < 1.29 is 9.90 Å². The lowest BCUT2D eigenvalue weighted by atomic mass is 10.1. The highest BCUT2D eigenvalue weighted by Crippen LogP contribution is 2.22. The first-order valence-corrected chi connectivity index (χ1v) is 7.53. The summed E-state index contributed by atoms with van der Waals surface area (Å²) in [5.74, 6) is 0.220. The summed E-state index contributed by atoms with van der Waals surface area (Å²) in [7, 11) is 0. The fourth-order valence-electron chi connectivity index (χ4n) is 3.04. The molecule has 1 aliphatic heterocycles. The third-order valence-corrected chi connectivity index (χ3v) is 4.03. The molecule has 112 valence electrons. The van der Waals surface area contributed by atoms with Crippen molar-refractivity contribution in [1.29, 1.82) is 0 Å². The molecule has 0 aromatic carbocycles. The SMILES string of the molecule is Cc1cc(C)n(CCC(=O)N2CCCC2CCCO)n1. The van der Waals surface area contributed by atoms with Crippen LogP contribution in [0.4, 0.5) is 0 Å². The normalized spacial score (nSPS) is 18.8. The number of nitrogens with zero attached hydrogens (tertiary/aromatic N) is 3. The van der Waals surface area contributed by atoms with Crippen LogP contribution in [-0.4, -0.2) is 44.9 Å². The summed E-state index contributed by atoms with van der Waals surface area (Å²) in [6.45, 7) is 5.72. The van der Waals surface area contributed by atoms with Gasteiger partial charge in [0.15, 0.2) is 0 Å². The number of likely N-dealkylation sites (tertiary alicyclic amines) is 1. The van der Waals surface area contributed by atoms with Gasteiger partial charge < -0.3 is 10.0 Å². The zero-order chi connectivity index (χ0) is 14.5. The van der Waals surface area contributed by atoms with E-state index in [0.29, 0.717) is 19.0 Å². The molecule has 0 saturated carbocycles.